The average Bonchev–Trinajstić information content (AvgIpc) is 2.86. The van der Waals surface area contributed by atoms with Crippen molar-refractivity contribution in [3.8, 4) is 0 Å². The van der Waals surface area contributed by atoms with Crippen molar-refractivity contribution in [2.45, 2.75) is 32.1 Å². The van der Waals surface area contributed by atoms with Crippen LogP contribution in [-0.4, -0.2) is 32.3 Å². The maximum absolute atomic E-state index is 12.5. The predicted octanol–water partition coefficient (Wildman–Crippen LogP) is 1.76. The summed E-state index contributed by atoms with van der Waals surface area (Å²) < 4.78 is 23.1. The third-order valence-corrected chi connectivity index (χ3v) is 5.25. The van der Waals surface area contributed by atoms with Crippen molar-refractivity contribution in [2.24, 2.45) is 17.0 Å². The fourth-order valence-corrected chi connectivity index (χ4v) is 3.55. The summed E-state index contributed by atoms with van der Waals surface area (Å²) in [5.74, 6) is 0.931. The molecule has 1 atom stereocenters. The molecule has 1 amide bonds. The molecule has 0 spiro atoms. The Kier molecular flexibility index (Phi) is 4.39. The Hall–Kier alpha value is -1.40. The van der Waals surface area contributed by atoms with Gasteiger partial charge in [0.2, 0.25) is 10.0 Å². The molecular formula is C15H22N2O3S. The van der Waals surface area contributed by atoms with E-state index in [0.29, 0.717) is 23.0 Å². The molecule has 1 saturated heterocycles. The molecule has 0 aliphatic carbocycles. The van der Waals surface area contributed by atoms with Crippen molar-refractivity contribution < 1.29 is 13.2 Å². The van der Waals surface area contributed by atoms with Gasteiger partial charge in [0.15, 0.2) is 0 Å². The summed E-state index contributed by atoms with van der Waals surface area (Å²) in [6.07, 6.45) is 0.997. The van der Waals surface area contributed by atoms with Gasteiger partial charge in [-0.1, -0.05) is 19.9 Å². The smallest absolute Gasteiger partial charge is 0.253 e. The van der Waals surface area contributed by atoms with Crippen LogP contribution in [-0.2, 0) is 10.0 Å². The number of carbonyl (C=O) groups is 1. The number of aryl methyl sites for hydroxylation is 1. The number of primary sulfonamides is 1. The highest BCUT2D eigenvalue weighted by Crippen LogP contribution is 2.25. The molecule has 0 saturated carbocycles. The van der Waals surface area contributed by atoms with Crippen molar-refractivity contribution in [1.82, 2.24) is 4.90 Å². The largest absolute Gasteiger partial charge is 0.338 e. The van der Waals surface area contributed by atoms with E-state index >= 15 is 0 Å². The molecule has 6 heteroatoms. The lowest BCUT2D eigenvalue weighted by atomic mass is 9.95. The van der Waals surface area contributed by atoms with E-state index in [4.69, 9.17) is 5.14 Å². The standard InChI is InChI=1S/C15H22N2O3S/c1-10(2)13-6-7-17(9-13)15(18)12-5-4-11(3)14(8-12)21(16,19)20/h4-5,8,10,13H,6-7,9H2,1-3H3,(H2,16,19,20). The predicted molar refractivity (Wildman–Crippen MR) is 81.4 cm³/mol. The molecule has 0 bridgehead atoms. The van der Waals surface area contributed by atoms with Crippen molar-refractivity contribution in [1.29, 1.82) is 0 Å². The summed E-state index contributed by atoms with van der Waals surface area (Å²) in [5.41, 5.74) is 0.935. The van der Waals surface area contributed by atoms with Gasteiger partial charge in [-0.05, 0) is 42.9 Å². The molecule has 1 fully saturated rings. The molecule has 1 unspecified atom stereocenters. The van der Waals surface area contributed by atoms with Gasteiger partial charge in [0.25, 0.3) is 5.91 Å². The third kappa shape index (κ3) is 3.44. The number of nitrogens with two attached hydrogens (primary N) is 1. The van der Waals surface area contributed by atoms with Crippen LogP contribution >= 0.6 is 0 Å². The van der Waals surface area contributed by atoms with Gasteiger partial charge in [-0.15, -0.1) is 0 Å². The minimum atomic E-state index is -3.81. The lowest BCUT2D eigenvalue weighted by Crippen LogP contribution is -2.29. The van der Waals surface area contributed by atoms with E-state index in [1.807, 2.05) is 0 Å². The van der Waals surface area contributed by atoms with E-state index in [2.05, 4.69) is 13.8 Å². The number of sulfonamides is 1. The van der Waals surface area contributed by atoms with Crippen molar-refractivity contribution in [2.75, 3.05) is 13.1 Å². The van der Waals surface area contributed by atoms with E-state index in [-0.39, 0.29) is 10.8 Å². The highest BCUT2D eigenvalue weighted by atomic mass is 32.2. The fraction of sp³-hybridized carbons (Fsp3) is 0.533. The second-order valence-electron chi connectivity index (χ2n) is 6.07. The van der Waals surface area contributed by atoms with E-state index < -0.39 is 10.0 Å². The second-order valence-corrected chi connectivity index (χ2v) is 7.60. The number of likely N-dealkylation sites (tertiary alicyclic amines) is 1. The monoisotopic (exact) mass is 310 g/mol. The Balaban J connectivity index is 2.25. The molecule has 2 N–H and O–H groups in total. The lowest BCUT2D eigenvalue weighted by molar-refractivity contribution is 0.0784. The Morgan fingerprint density at radius 1 is 1.38 bits per heavy atom. The SMILES string of the molecule is Cc1ccc(C(=O)N2CCC(C(C)C)C2)cc1S(N)(=O)=O. The van der Waals surface area contributed by atoms with Crippen LogP contribution in [0.25, 0.3) is 0 Å². The minimum Gasteiger partial charge on any atom is -0.338 e. The molecular weight excluding hydrogens is 288 g/mol. The second kappa shape index (κ2) is 5.77. The first kappa shape index (κ1) is 16.0. The van der Waals surface area contributed by atoms with Crippen molar-refractivity contribution in [3.05, 3.63) is 29.3 Å². The number of benzene rings is 1. The van der Waals surface area contributed by atoms with Gasteiger partial charge in [0.1, 0.15) is 0 Å². The quantitative estimate of drug-likeness (QED) is 0.923. The highest BCUT2D eigenvalue weighted by molar-refractivity contribution is 7.89. The number of carbonyl (C=O) groups excluding carboxylic acids is 1. The summed E-state index contributed by atoms with van der Waals surface area (Å²) in [6, 6.07) is 4.67. The summed E-state index contributed by atoms with van der Waals surface area (Å²) in [4.78, 5) is 14.3. The Bertz CT molecular complexity index is 653. The van der Waals surface area contributed by atoms with E-state index in [0.717, 1.165) is 19.5 Å². The Morgan fingerprint density at radius 3 is 2.57 bits per heavy atom. The minimum absolute atomic E-state index is 0.0213. The fourth-order valence-electron chi connectivity index (χ4n) is 2.74. The number of hydrogen-bond donors (Lipinski definition) is 1. The summed E-state index contributed by atoms with van der Waals surface area (Å²) in [6.45, 7) is 7.43. The molecule has 5 nitrogen and oxygen atoms in total. The maximum atomic E-state index is 12.5. The number of rotatable bonds is 3. The molecule has 1 aromatic rings. The van der Waals surface area contributed by atoms with Crippen LogP contribution in [0.2, 0.25) is 0 Å². The lowest BCUT2D eigenvalue weighted by Gasteiger charge is -2.18. The number of hydrogen-bond acceptors (Lipinski definition) is 3. The van der Waals surface area contributed by atoms with Crippen LogP contribution in [0.3, 0.4) is 0 Å². The zero-order chi connectivity index (χ0) is 15.8. The van der Waals surface area contributed by atoms with Gasteiger partial charge >= 0.3 is 0 Å². The third-order valence-electron chi connectivity index (χ3n) is 4.20. The molecule has 116 valence electrons. The molecule has 21 heavy (non-hydrogen) atoms. The van der Waals surface area contributed by atoms with E-state index in [1.165, 1.54) is 6.07 Å². The summed E-state index contributed by atoms with van der Waals surface area (Å²) in [5, 5.41) is 5.19. The van der Waals surface area contributed by atoms with Crippen LogP contribution < -0.4 is 5.14 Å². The normalized spacial score (nSPS) is 19.3. The zero-order valence-electron chi connectivity index (χ0n) is 12.7. The molecule has 0 radical (unpaired) electrons. The van der Waals surface area contributed by atoms with Crippen molar-refractivity contribution >= 4 is 15.9 Å². The van der Waals surface area contributed by atoms with Crippen LogP contribution in [0.1, 0.15) is 36.2 Å². The zero-order valence-corrected chi connectivity index (χ0v) is 13.5. The van der Waals surface area contributed by atoms with Gasteiger partial charge in [-0.2, -0.15) is 0 Å². The maximum Gasteiger partial charge on any atom is 0.253 e. The topological polar surface area (TPSA) is 80.5 Å². The summed E-state index contributed by atoms with van der Waals surface area (Å²) >= 11 is 0. The first-order valence-corrected chi connectivity index (χ1v) is 8.67. The van der Waals surface area contributed by atoms with Crippen molar-refractivity contribution in [3.63, 3.8) is 0 Å². The van der Waals surface area contributed by atoms with Crippen LogP contribution in [0.4, 0.5) is 0 Å². The first-order valence-electron chi connectivity index (χ1n) is 7.13. The molecule has 1 aliphatic heterocycles. The van der Waals surface area contributed by atoms with Crippen LogP contribution in [0.15, 0.2) is 23.1 Å². The van der Waals surface area contributed by atoms with Gasteiger partial charge in [-0.25, -0.2) is 13.6 Å². The average molecular weight is 310 g/mol. The Morgan fingerprint density at radius 2 is 2.05 bits per heavy atom. The molecule has 1 heterocycles. The van der Waals surface area contributed by atoms with Gasteiger partial charge in [-0.3, -0.25) is 4.79 Å². The molecule has 1 aliphatic rings. The summed E-state index contributed by atoms with van der Waals surface area (Å²) in [7, 11) is -3.81. The highest BCUT2D eigenvalue weighted by Gasteiger charge is 2.29. The Labute approximate surface area is 126 Å². The van der Waals surface area contributed by atoms with Crippen LogP contribution in [0, 0.1) is 18.8 Å². The first-order chi connectivity index (χ1) is 9.70. The van der Waals surface area contributed by atoms with Gasteiger partial charge in [0, 0.05) is 18.7 Å². The number of nitrogens with zero attached hydrogens (tertiary/aromatic N) is 1. The molecule has 0 aromatic heterocycles. The molecule has 2 rings (SSSR count). The van der Waals surface area contributed by atoms with E-state index in [1.54, 1.807) is 24.0 Å². The number of amides is 1. The molecule has 1 aromatic carbocycles. The van der Waals surface area contributed by atoms with Gasteiger partial charge in [0.05, 0.1) is 4.90 Å². The van der Waals surface area contributed by atoms with Crippen LogP contribution in [0.5, 0.6) is 0 Å². The van der Waals surface area contributed by atoms with Gasteiger partial charge < -0.3 is 4.90 Å². The van der Waals surface area contributed by atoms with E-state index in [9.17, 15) is 13.2 Å².